The van der Waals surface area contributed by atoms with Crippen LogP contribution >= 0.6 is 11.8 Å². The summed E-state index contributed by atoms with van der Waals surface area (Å²) in [6.07, 6.45) is 0. The monoisotopic (exact) mass is 271 g/mol. The van der Waals surface area contributed by atoms with Crippen molar-refractivity contribution in [2.45, 2.75) is 24.5 Å². The van der Waals surface area contributed by atoms with Crippen molar-refractivity contribution in [2.24, 2.45) is 5.73 Å². The molecule has 0 atom stereocenters. The molecule has 19 heavy (non-hydrogen) atoms. The number of carbonyl (C=O) groups excluding carboxylic acids is 1. The molecule has 2 N–H and O–H groups in total. The van der Waals surface area contributed by atoms with Crippen molar-refractivity contribution in [1.82, 2.24) is 0 Å². The first kappa shape index (κ1) is 13.7. The highest BCUT2D eigenvalue weighted by atomic mass is 32.2. The van der Waals surface area contributed by atoms with E-state index in [-0.39, 0.29) is 5.91 Å². The van der Waals surface area contributed by atoms with Gasteiger partial charge in [0, 0.05) is 16.2 Å². The molecular weight excluding hydrogens is 254 g/mol. The van der Waals surface area contributed by atoms with Gasteiger partial charge in [0.15, 0.2) is 0 Å². The summed E-state index contributed by atoms with van der Waals surface area (Å²) in [7, 11) is 0. The maximum Gasteiger partial charge on any atom is 0.248 e. The van der Waals surface area contributed by atoms with Crippen molar-refractivity contribution in [3.63, 3.8) is 0 Å². The molecule has 0 fully saturated rings. The normalized spacial score (nSPS) is 10.4. The van der Waals surface area contributed by atoms with Crippen LogP contribution in [0.3, 0.4) is 0 Å². The first-order valence-corrected chi connectivity index (χ1v) is 7.13. The Hall–Kier alpha value is -1.74. The fraction of sp³-hybridized carbons (Fsp3) is 0.188. The summed E-state index contributed by atoms with van der Waals surface area (Å²) in [6, 6.07) is 14.0. The van der Waals surface area contributed by atoms with Gasteiger partial charge in [-0.15, -0.1) is 11.8 Å². The van der Waals surface area contributed by atoms with Gasteiger partial charge in [0.05, 0.1) is 0 Å². The lowest BCUT2D eigenvalue weighted by Crippen LogP contribution is -2.10. The van der Waals surface area contributed by atoms with E-state index in [1.807, 2.05) is 23.9 Å². The Bertz CT molecular complexity index is 590. The Morgan fingerprint density at radius 2 is 1.79 bits per heavy atom. The molecule has 0 aliphatic rings. The number of thioether (sulfide) groups is 1. The molecule has 0 radical (unpaired) electrons. The summed E-state index contributed by atoms with van der Waals surface area (Å²) in [5, 5.41) is 0. The Morgan fingerprint density at radius 1 is 1.11 bits per heavy atom. The van der Waals surface area contributed by atoms with Crippen LogP contribution in [0.2, 0.25) is 0 Å². The summed E-state index contributed by atoms with van der Waals surface area (Å²) in [5.74, 6) is 0.511. The SMILES string of the molecule is Cc1ccc(C)c(SCc2ccc(C(N)=O)cc2)c1. The van der Waals surface area contributed by atoms with E-state index in [1.165, 1.54) is 21.6 Å². The van der Waals surface area contributed by atoms with Gasteiger partial charge in [-0.3, -0.25) is 4.79 Å². The summed E-state index contributed by atoms with van der Waals surface area (Å²) in [5.41, 5.74) is 9.54. The zero-order valence-corrected chi connectivity index (χ0v) is 12.0. The van der Waals surface area contributed by atoms with E-state index in [0.29, 0.717) is 5.56 Å². The fourth-order valence-electron chi connectivity index (χ4n) is 1.79. The Kier molecular flexibility index (Phi) is 4.27. The molecule has 2 aromatic rings. The van der Waals surface area contributed by atoms with Gasteiger partial charge in [0.25, 0.3) is 0 Å². The van der Waals surface area contributed by atoms with Crippen LogP contribution in [0.1, 0.15) is 27.0 Å². The van der Waals surface area contributed by atoms with Crippen molar-refractivity contribution < 1.29 is 4.79 Å². The third kappa shape index (κ3) is 3.61. The minimum Gasteiger partial charge on any atom is -0.366 e. The first-order valence-electron chi connectivity index (χ1n) is 6.15. The lowest BCUT2D eigenvalue weighted by Gasteiger charge is -2.07. The molecule has 2 nitrogen and oxygen atoms in total. The number of benzene rings is 2. The van der Waals surface area contributed by atoms with Crippen LogP contribution < -0.4 is 5.73 Å². The smallest absolute Gasteiger partial charge is 0.248 e. The molecule has 0 unspecified atom stereocenters. The van der Waals surface area contributed by atoms with E-state index in [1.54, 1.807) is 12.1 Å². The Labute approximate surface area is 118 Å². The van der Waals surface area contributed by atoms with Gasteiger partial charge >= 0.3 is 0 Å². The summed E-state index contributed by atoms with van der Waals surface area (Å²) >= 11 is 1.81. The molecule has 1 amide bonds. The van der Waals surface area contributed by atoms with Crippen molar-refractivity contribution in [1.29, 1.82) is 0 Å². The van der Waals surface area contributed by atoms with Gasteiger partial charge in [-0.05, 0) is 43.2 Å². The number of primary amides is 1. The number of aryl methyl sites for hydroxylation is 2. The molecular formula is C16H17NOS. The van der Waals surface area contributed by atoms with Crippen molar-refractivity contribution in [3.8, 4) is 0 Å². The van der Waals surface area contributed by atoms with Crippen LogP contribution in [0.5, 0.6) is 0 Å². The number of rotatable bonds is 4. The molecule has 2 aromatic carbocycles. The van der Waals surface area contributed by atoms with Gasteiger partial charge in [-0.1, -0.05) is 29.8 Å². The van der Waals surface area contributed by atoms with Gasteiger partial charge in [0.1, 0.15) is 0 Å². The van der Waals surface area contributed by atoms with Crippen molar-refractivity contribution >= 4 is 17.7 Å². The van der Waals surface area contributed by atoms with Crippen molar-refractivity contribution in [2.75, 3.05) is 0 Å². The van der Waals surface area contributed by atoms with E-state index in [2.05, 4.69) is 32.0 Å². The van der Waals surface area contributed by atoms with Crippen LogP contribution in [0.25, 0.3) is 0 Å². The summed E-state index contributed by atoms with van der Waals surface area (Å²) < 4.78 is 0. The minimum atomic E-state index is -0.381. The quantitative estimate of drug-likeness (QED) is 0.862. The molecule has 0 saturated carbocycles. The molecule has 3 heteroatoms. The number of carbonyl (C=O) groups is 1. The van der Waals surface area contributed by atoms with Gasteiger partial charge in [-0.25, -0.2) is 0 Å². The number of nitrogens with two attached hydrogens (primary N) is 1. The lowest BCUT2D eigenvalue weighted by molar-refractivity contribution is 0.100. The van der Waals surface area contributed by atoms with Gasteiger partial charge in [-0.2, -0.15) is 0 Å². The van der Waals surface area contributed by atoms with Crippen LogP contribution in [-0.2, 0) is 5.75 Å². The second-order valence-electron chi connectivity index (χ2n) is 4.62. The zero-order valence-electron chi connectivity index (χ0n) is 11.1. The minimum absolute atomic E-state index is 0.381. The average Bonchev–Trinajstić information content (AvgIpc) is 2.40. The average molecular weight is 271 g/mol. The predicted molar refractivity (Wildman–Crippen MR) is 80.4 cm³/mol. The molecule has 0 aliphatic carbocycles. The lowest BCUT2D eigenvalue weighted by atomic mass is 10.1. The highest BCUT2D eigenvalue weighted by Crippen LogP contribution is 2.26. The summed E-state index contributed by atoms with van der Waals surface area (Å²) in [6.45, 7) is 4.23. The molecule has 2 rings (SSSR count). The fourth-order valence-corrected chi connectivity index (χ4v) is 2.87. The van der Waals surface area contributed by atoms with E-state index in [9.17, 15) is 4.79 Å². The molecule has 0 heterocycles. The standard InChI is InChI=1S/C16H17NOS/c1-11-3-4-12(2)15(9-11)19-10-13-5-7-14(8-6-13)16(17)18/h3-9H,10H2,1-2H3,(H2,17,18). The van der Waals surface area contributed by atoms with Crippen LogP contribution in [-0.4, -0.2) is 5.91 Å². The summed E-state index contributed by atoms with van der Waals surface area (Å²) in [4.78, 5) is 12.3. The maximum atomic E-state index is 11.0. The van der Waals surface area contributed by atoms with Crippen LogP contribution in [0.4, 0.5) is 0 Å². The van der Waals surface area contributed by atoms with E-state index >= 15 is 0 Å². The molecule has 0 aliphatic heterocycles. The first-order chi connectivity index (χ1) is 9.06. The third-order valence-corrected chi connectivity index (χ3v) is 4.20. The highest BCUT2D eigenvalue weighted by molar-refractivity contribution is 7.98. The second-order valence-corrected chi connectivity index (χ2v) is 5.64. The molecule has 0 bridgehead atoms. The van der Waals surface area contributed by atoms with Crippen LogP contribution in [0, 0.1) is 13.8 Å². The molecule has 0 saturated heterocycles. The van der Waals surface area contributed by atoms with E-state index in [4.69, 9.17) is 5.73 Å². The predicted octanol–water partition coefficient (Wildman–Crippen LogP) is 3.69. The van der Waals surface area contributed by atoms with Crippen molar-refractivity contribution in [3.05, 3.63) is 64.7 Å². The highest BCUT2D eigenvalue weighted by Gasteiger charge is 2.02. The molecule has 0 spiro atoms. The second kappa shape index (κ2) is 5.93. The number of hydrogen-bond acceptors (Lipinski definition) is 2. The number of amides is 1. The molecule has 0 aromatic heterocycles. The Balaban J connectivity index is 2.06. The third-order valence-electron chi connectivity index (χ3n) is 2.98. The topological polar surface area (TPSA) is 43.1 Å². The molecule has 98 valence electrons. The van der Waals surface area contributed by atoms with Crippen LogP contribution in [0.15, 0.2) is 47.4 Å². The zero-order chi connectivity index (χ0) is 13.8. The largest absolute Gasteiger partial charge is 0.366 e. The van der Waals surface area contributed by atoms with Gasteiger partial charge < -0.3 is 5.73 Å². The van der Waals surface area contributed by atoms with E-state index in [0.717, 1.165) is 5.75 Å². The van der Waals surface area contributed by atoms with E-state index < -0.39 is 0 Å². The maximum absolute atomic E-state index is 11.0. The van der Waals surface area contributed by atoms with Gasteiger partial charge in [0.2, 0.25) is 5.91 Å². The Morgan fingerprint density at radius 3 is 2.42 bits per heavy atom. The number of hydrogen-bond donors (Lipinski definition) is 1.